The summed E-state index contributed by atoms with van der Waals surface area (Å²) in [6, 6.07) is 14.2. The monoisotopic (exact) mass is 272 g/mol. The van der Waals surface area contributed by atoms with Gasteiger partial charge in [0.25, 0.3) is 0 Å². The molecule has 0 aliphatic rings. The lowest BCUT2D eigenvalue weighted by molar-refractivity contribution is 0.0987. The normalized spacial score (nSPS) is 11.5. The largest absolute Gasteiger partial charge is 0.293 e. The molecule has 0 spiro atoms. The molecule has 2 aromatic rings. The van der Waals surface area contributed by atoms with Crippen molar-refractivity contribution in [3.63, 3.8) is 0 Å². The minimum atomic E-state index is 0.128. The van der Waals surface area contributed by atoms with Gasteiger partial charge in [-0.3, -0.25) is 4.79 Å². The molecule has 0 saturated heterocycles. The third kappa shape index (κ3) is 3.77. The number of rotatable bonds is 4. The van der Waals surface area contributed by atoms with Crippen LogP contribution in [0.25, 0.3) is 0 Å². The van der Waals surface area contributed by atoms with E-state index in [2.05, 4.69) is 39.0 Å². The van der Waals surface area contributed by atoms with Crippen molar-refractivity contribution in [3.8, 4) is 0 Å². The van der Waals surface area contributed by atoms with E-state index in [1.54, 1.807) is 11.3 Å². The van der Waals surface area contributed by atoms with Crippen LogP contribution in [-0.2, 0) is 11.8 Å². The summed E-state index contributed by atoms with van der Waals surface area (Å²) in [7, 11) is 0. The van der Waals surface area contributed by atoms with E-state index < -0.39 is 0 Å². The average molecular weight is 272 g/mol. The van der Waals surface area contributed by atoms with Gasteiger partial charge in [-0.05, 0) is 29.5 Å². The summed E-state index contributed by atoms with van der Waals surface area (Å²) >= 11 is 1.63. The molecule has 1 aromatic heterocycles. The van der Waals surface area contributed by atoms with Crippen LogP contribution in [-0.4, -0.2) is 5.78 Å². The highest BCUT2D eigenvalue weighted by Gasteiger charge is 2.18. The maximum Gasteiger partial charge on any atom is 0.173 e. The molecule has 1 heterocycles. The number of Topliss-reactive ketones (excluding diaryl/α,β-unsaturated/α-hetero) is 1. The third-order valence-electron chi connectivity index (χ3n) is 3.10. The van der Waals surface area contributed by atoms with E-state index in [9.17, 15) is 4.79 Å². The summed E-state index contributed by atoms with van der Waals surface area (Å²) < 4.78 is 0. The molecule has 0 aliphatic heterocycles. The number of hydrogen-bond acceptors (Lipinski definition) is 2. The van der Waals surface area contributed by atoms with Crippen molar-refractivity contribution < 1.29 is 4.79 Å². The molecule has 0 saturated carbocycles. The van der Waals surface area contributed by atoms with Gasteiger partial charge in [0.05, 0.1) is 4.88 Å². The Hall–Kier alpha value is -1.41. The zero-order valence-corrected chi connectivity index (χ0v) is 12.6. The highest BCUT2D eigenvalue weighted by Crippen LogP contribution is 2.30. The van der Waals surface area contributed by atoms with Crippen molar-refractivity contribution in [2.75, 3.05) is 0 Å². The van der Waals surface area contributed by atoms with Crippen molar-refractivity contribution in [2.24, 2.45) is 0 Å². The van der Waals surface area contributed by atoms with Crippen molar-refractivity contribution >= 4 is 17.1 Å². The maximum atomic E-state index is 12.2. The number of aryl methyl sites for hydroxylation is 1. The summed E-state index contributed by atoms with van der Waals surface area (Å²) in [5.41, 5.74) is 1.35. The zero-order chi connectivity index (χ0) is 13.9. The van der Waals surface area contributed by atoms with Crippen LogP contribution in [0.15, 0.2) is 42.5 Å². The fraction of sp³-hybridized carbons (Fsp3) is 0.353. The Morgan fingerprint density at radius 2 is 1.74 bits per heavy atom. The number of hydrogen-bond donors (Lipinski definition) is 0. The van der Waals surface area contributed by atoms with Gasteiger partial charge < -0.3 is 0 Å². The van der Waals surface area contributed by atoms with E-state index in [-0.39, 0.29) is 11.2 Å². The van der Waals surface area contributed by atoms with Gasteiger partial charge in [-0.2, -0.15) is 0 Å². The zero-order valence-electron chi connectivity index (χ0n) is 11.8. The second-order valence-corrected chi connectivity index (χ2v) is 6.91. The summed E-state index contributed by atoms with van der Waals surface area (Å²) in [5.74, 6) is 0.254. The predicted octanol–water partition coefficient (Wildman–Crippen LogP) is 4.86. The average Bonchev–Trinajstić information content (AvgIpc) is 2.87. The summed E-state index contributed by atoms with van der Waals surface area (Å²) in [5, 5.41) is 0. The van der Waals surface area contributed by atoms with E-state index in [0.717, 1.165) is 11.3 Å². The molecular formula is C17H20OS. The summed E-state index contributed by atoms with van der Waals surface area (Å²) in [6.07, 6.45) is 1.41. The smallest absolute Gasteiger partial charge is 0.173 e. The summed E-state index contributed by atoms with van der Waals surface area (Å²) in [4.78, 5) is 14.3. The second-order valence-electron chi connectivity index (χ2n) is 5.82. The van der Waals surface area contributed by atoms with Gasteiger partial charge in [-0.25, -0.2) is 0 Å². The van der Waals surface area contributed by atoms with Crippen LogP contribution in [0.5, 0.6) is 0 Å². The van der Waals surface area contributed by atoms with Gasteiger partial charge in [-0.1, -0.05) is 51.1 Å². The lowest BCUT2D eigenvalue weighted by Crippen LogP contribution is -2.07. The second kappa shape index (κ2) is 5.70. The molecule has 0 N–H and O–H groups in total. The van der Waals surface area contributed by atoms with Gasteiger partial charge in [0.15, 0.2) is 5.78 Å². The van der Waals surface area contributed by atoms with Crippen LogP contribution < -0.4 is 0 Å². The van der Waals surface area contributed by atoms with Crippen LogP contribution >= 0.6 is 11.3 Å². The van der Waals surface area contributed by atoms with E-state index in [0.29, 0.717) is 6.42 Å². The van der Waals surface area contributed by atoms with Crippen molar-refractivity contribution in [2.45, 2.75) is 39.0 Å². The number of benzene rings is 1. The van der Waals surface area contributed by atoms with Crippen molar-refractivity contribution in [1.29, 1.82) is 0 Å². The van der Waals surface area contributed by atoms with Crippen LogP contribution in [0.2, 0.25) is 0 Å². The molecule has 0 unspecified atom stereocenters. The molecule has 1 nitrogen and oxygen atoms in total. The minimum absolute atomic E-state index is 0.128. The minimum Gasteiger partial charge on any atom is -0.293 e. The molecule has 0 aliphatic carbocycles. The Balaban J connectivity index is 1.99. The van der Waals surface area contributed by atoms with E-state index in [1.165, 1.54) is 10.4 Å². The third-order valence-corrected chi connectivity index (χ3v) is 4.66. The van der Waals surface area contributed by atoms with E-state index in [1.807, 2.05) is 24.3 Å². The van der Waals surface area contributed by atoms with Gasteiger partial charge >= 0.3 is 0 Å². The topological polar surface area (TPSA) is 17.1 Å². The highest BCUT2D eigenvalue weighted by atomic mass is 32.1. The fourth-order valence-electron chi connectivity index (χ4n) is 1.92. The lowest BCUT2D eigenvalue weighted by Gasteiger charge is -2.15. The number of carbonyl (C=O) groups excluding carboxylic acids is 1. The molecule has 0 fully saturated rings. The van der Waals surface area contributed by atoms with Gasteiger partial charge in [0, 0.05) is 11.3 Å². The lowest BCUT2D eigenvalue weighted by atomic mass is 9.95. The van der Waals surface area contributed by atoms with E-state index >= 15 is 0 Å². The van der Waals surface area contributed by atoms with Crippen LogP contribution in [0.4, 0.5) is 0 Å². The Morgan fingerprint density at radius 1 is 1.05 bits per heavy atom. The first-order valence-corrected chi connectivity index (χ1v) is 7.46. The molecule has 2 heteroatoms. The first kappa shape index (κ1) is 14.0. The van der Waals surface area contributed by atoms with Crippen molar-refractivity contribution in [1.82, 2.24) is 0 Å². The molecule has 0 radical (unpaired) electrons. The number of carbonyl (C=O) groups is 1. The molecule has 0 atom stereocenters. The maximum absolute atomic E-state index is 12.2. The molecule has 1 aromatic carbocycles. The Bertz CT molecular complexity index is 546. The molecule has 0 amide bonds. The first-order valence-electron chi connectivity index (χ1n) is 6.64. The van der Waals surface area contributed by atoms with Gasteiger partial charge in [-0.15, -0.1) is 11.3 Å². The van der Waals surface area contributed by atoms with E-state index in [4.69, 9.17) is 0 Å². The van der Waals surface area contributed by atoms with Gasteiger partial charge in [0.1, 0.15) is 0 Å². The number of ketones is 1. The van der Waals surface area contributed by atoms with Crippen LogP contribution in [0.1, 0.15) is 47.3 Å². The molecule has 19 heavy (non-hydrogen) atoms. The SMILES string of the molecule is CC(C)(C)c1ccc(C(=O)CCc2ccccc2)s1. The molecule has 2 rings (SSSR count). The Morgan fingerprint density at radius 3 is 2.32 bits per heavy atom. The quantitative estimate of drug-likeness (QED) is 0.726. The Kier molecular flexibility index (Phi) is 4.20. The van der Waals surface area contributed by atoms with Crippen molar-refractivity contribution in [3.05, 3.63) is 57.8 Å². The summed E-state index contributed by atoms with van der Waals surface area (Å²) in [6.45, 7) is 6.53. The fourth-order valence-corrected chi connectivity index (χ4v) is 2.95. The number of thiophene rings is 1. The molecule has 0 bridgehead atoms. The highest BCUT2D eigenvalue weighted by molar-refractivity contribution is 7.14. The molecule has 100 valence electrons. The van der Waals surface area contributed by atoms with Crippen LogP contribution in [0, 0.1) is 0 Å². The predicted molar refractivity (Wildman–Crippen MR) is 82.1 cm³/mol. The first-order chi connectivity index (χ1) is 8.97. The van der Waals surface area contributed by atoms with Gasteiger partial charge in [0.2, 0.25) is 0 Å². The standard InChI is InChI=1S/C17H20OS/c1-17(2,3)16-12-11-15(19-16)14(18)10-9-13-7-5-4-6-8-13/h4-8,11-12H,9-10H2,1-3H3. The Labute approximate surface area is 119 Å². The van der Waals surface area contributed by atoms with Crippen LogP contribution in [0.3, 0.4) is 0 Å². The molecular weight excluding hydrogens is 252 g/mol.